The fourth-order valence-corrected chi connectivity index (χ4v) is 3.09. The Morgan fingerprint density at radius 3 is 2.95 bits per heavy atom. The normalized spacial score (nSPS) is 24.4. The number of likely N-dealkylation sites (tertiary alicyclic amines) is 1. The average Bonchev–Trinajstić information content (AvgIpc) is 2.34. The smallest absolute Gasteiger partial charge is 0.307 e. The molecular formula is C14H17BrFNO2. The number of aliphatic carboxylic acids is 1. The van der Waals surface area contributed by atoms with Crippen molar-refractivity contribution in [2.24, 2.45) is 11.8 Å². The fourth-order valence-electron chi connectivity index (χ4n) is 2.68. The predicted octanol–water partition coefficient (Wildman–Crippen LogP) is 3.13. The van der Waals surface area contributed by atoms with E-state index in [0.717, 1.165) is 6.54 Å². The molecule has 0 radical (unpaired) electrons. The third kappa shape index (κ3) is 3.54. The number of hydrogen-bond donors (Lipinski definition) is 1. The number of piperidine rings is 1. The van der Waals surface area contributed by atoms with Crippen LogP contribution in [-0.4, -0.2) is 29.1 Å². The van der Waals surface area contributed by atoms with Gasteiger partial charge in [-0.2, -0.15) is 0 Å². The van der Waals surface area contributed by atoms with Crippen LogP contribution in [0.25, 0.3) is 0 Å². The zero-order valence-corrected chi connectivity index (χ0v) is 12.4. The number of carboxylic acid groups (broad SMARTS) is 1. The number of nitrogens with zero attached hydrogens (tertiary/aromatic N) is 1. The summed E-state index contributed by atoms with van der Waals surface area (Å²) < 4.78 is 14.4. The monoisotopic (exact) mass is 329 g/mol. The first-order valence-electron chi connectivity index (χ1n) is 6.35. The average molecular weight is 330 g/mol. The highest BCUT2D eigenvalue weighted by molar-refractivity contribution is 9.10. The van der Waals surface area contributed by atoms with E-state index in [1.165, 1.54) is 0 Å². The molecule has 2 unspecified atom stereocenters. The van der Waals surface area contributed by atoms with Crippen molar-refractivity contribution in [3.8, 4) is 0 Å². The van der Waals surface area contributed by atoms with E-state index >= 15 is 0 Å². The second kappa shape index (κ2) is 6.01. The lowest BCUT2D eigenvalue weighted by molar-refractivity contribution is -0.144. The molecule has 1 saturated heterocycles. The van der Waals surface area contributed by atoms with Gasteiger partial charge in [-0.15, -0.1) is 0 Å². The van der Waals surface area contributed by atoms with Gasteiger partial charge >= 0.3 is 5.97 Å². The van der Waals surface area contributed by atoms with Crippen LogP contribution in [0.3, 0.4) is 0 Å². The first-order valence-corrected chi connectivity index (χ1v) is 7.14. The molecule has 0 saturated carbocycles. The van der Waals surface area contributed by atoms with Crippen LogP contribution in [0.1, 0.15) is 18.9 Å². The molecule has 1 heterocycles. The van der Waals surface area contributed by atoms with Gasteiger partial charge in [0, 0.05) is 25.2 Å². The van der Waals surface area contributed by atoms with Gasteiger partial charge in [0.15, 0.2) is 0 Å². The molecule has 1 fully saturated rings. The van der Waals surface area contributed by atoms with Crippen LogP contribution in [0.5, 0.6) is 0 Å². The molecule has 2 atom stereocenters. The van der Waals surface area contributed by atoms with Crippen LogP contribution in [0, 0.1) is 17.7 Å². The van der Waals surface area contributed by atoms with E-state index < -0.39 is 5.97 Å². The third-order valence-corrected chi connectivity index (χ3v) is 4.12. The minimum atomic E-state index is -0.758. The summed E-state index contributed by atoms with van der Waals surface area (Å²) in [6.07, 6.45) is 0.701. The van der Waals surface area contributed by atoms with Crippen LogP contribution in [0.2, 0.25) is 0 Å². The van der Waals surface area contributed by atoms with Gasteiger partial charge in [-0.1, -0.05) is 19.1 Å². The second-order valence-corrected chi connectivity index (χ2v) is 6.14. The highest BCUT2D eigenvalue weighted by atomic mass is 79.9. The molecular weight excluding hydrogens is 313 g/mol. The summed E-state index contributed by atoms with van der Waals surface area (Å²) in [6, 6.07) is 5.21. The molecule has 0 aliphatic carbocycles. The van der Waals surface area contributed by atoms with Crippen molar-refractivity contribution in [3.63, 3.8) is 0 Å². The van der Waals surface area contributed by atoms with E-state index in [9.17, 15) is 9.18 Å². The molecule has 1 N–H and O–H groups in total. The number of halogens is 2. The topological polar surface area (TPSA) is 40.5 Å². The predicted molar refractivity (Wildman–Crippen MR) is 74.3 cm³/mol. The highest BCUT2D eigenvalue weighted by Gasteiger charge is 2.29. The molecule has 5 heteroatoms. The summed E-state index contributed by atoms with van der Waals surface area (Å²) in [5.41, 5.74) is 0.604. The zero-order valence-electron chi connectivity index (χ0n) is 10.8. The Morgan fingerprint density at radius 1 is 1.53 bits per heavy atom. The first-order chi connectivity index (χ1) is 8.97. The van der Waals surface area contributed by atoms with Gasteiger partial charge in [-0.05, 0) is 34.3 Å². The minimum absolute atomic E-state index is 0.257. The lowest BCUT2D eigenvalue weighted by Crippen LogP contribution is -2.42. The summed E-state index contributed by atoms with van der Waals surface area (Å²) in [4.78, 5) is 13.1. The Labute approximate surface area is 120 Å². The maximum absolute atomic E-state index is 13.9. The fraction of sp³-hybridized carbons (Fsp3) is 0.500. The number of hydrogen-bond acceptors (Lipinski definition) is 2. The molecule has 0 bridgehead atoms. The number of benzene rings is 1. The van der Waals surface area contributed by atoms with Crippen molar-refractivity contribution in [2.75, 3.05) is 13.1 Å². The molecule has 2 rings (SSSR count). The summed E-state index contributed by atoms with van der Waals surface area (Å²) in [5.74, 6) is -1.04. The summed E-state index contributed by atoms with van der Waals surface area (Å²) in [5, 5.41) is 9.13. The van der Waals surface area contributed by atoms with Crippen LogP contribution in [0.15, 0.2) is 22.7 Å². The number of rotatable bonds is 3. The van der Waals surface area contributed by atoms with E-state index in [4.69, 9.17) is 5.11 Å². The Hall–Kier alpha value is -0.940. The van der Waals surface area contributed by atoms with Gasteiger partial charge in [0.2, 0.25) is 0 Å². The lowest BCUT2D eigenvalue weighted by atomic mass is 9.90. The maximum Gasteiger partial charge on any atom is 0.307 e. The highest BCUT2D eigenvalue weighted by Crippen LogP contribution is 2.25. The molecule has 104 valence electrons. The zero-order chi connectivity index (χ0) is 14.0. The van der Waals surface area contributed by atoms with Gasteiger partial charge in [0.05, 0.1) is 10.4 Å². The van der Waals surface area contributed by atoms with Gasteiger partial charge in [-0.25, -0.2) is 4.39 Å². The van der Waals surface area contributed by atoms with Crippen LogP contribution < -0.4 is 0 Å². The van der Waals surface area contributed by atoms with E-state index in [0.29, 0.717) is 35.5 Å². The van der Waals surface area contributed by atoms with E-state index in [-0.39, 0.29) is 11.7 Å². The van der Waals surface area contributed by atoms with E-state index in [1.54, 1.807) is 18.2 Å². The second-order valence-electron chi connectivity index (χ2n) is 5.28. The summed E-state index contributed by atoms with van der Waals surface area (Å²) in [7, 11) is 0. The molecule has 1 aromatic rings. The SMILES string of the molecule is CC1CC(C(=O)O)CN(Cc2cccc(Br)c2F)C1. The minimum Gasteiger partial charge on any atom is -0.481 e. The summed E-state index contributed by atoms with van der Waals surface area (Å²) >= 11 is 3.17. The van der Waals surface area contributed by atoms with Crippen molar-refractivity contribution in [3.05, 3.63) is 34.1 Å². The van der Waals surface area contributed by atoms with Crippen LogP contribution in [-0.2, 0) is 11.3 Å². The van der Waals surface area contributed by atoms with Crippen molar-refractivity contribution in [2.45, 2.75) is 19.9 Å². The maximum atomic E-state index is 13.9. The molecule has 1 aromatic carbocycles. The number of carbonyl (C=O) groups is 1. The van der Waals surface area contributed by atoms with Gasteiger partial charge < -0.3 is 5.11 Å². The van der Waals surface area contributed by atoms with Crippen molar-refractivity contribution in [1.82, 2.24) is 4.90 Å². The standard InChI is InChI=1S/C14H17BrFNO2/c1-9-5-11(14(18)19)8-17(6-9)7-10-3-2-4-12(15)13(10)16/h2-4,9,11H,5-8H2,1H3,(H,18,19). The van der Waals surface area contributed by atoms with Gasteiger partial charge in [0.1, 0.15) is 5.82 Å². The van der Waals surface area contributed by atoms with Gasteiger partial charge in [-0.3, -0.25) is 9.69 Å². The van der Waals surface area contributed by atoms with E-state index in [1.807, 2.05) is 11.8 Å². The molecule has 3 nitrogen and oxygen atoms in total. The third-order valence-electron chi connectivity index (χ3n) is 3.51. The lowest BCUT2D eigenvalue weighted by Gasteiger charge is -2.34. The Kier molecular flexibility index (Phi) is 4.58. The van der Waals surface area contributed by atoms with Gasteiger partial charge in [0.25, 0.3) is 0 Å². The van der Waals surface area contributed by atoms with Crippen molar-refractivity contribution < 1.29 is 14.3 Å². The Bertz CT molecular complexity index is 481. The molecule has 1 aliphatic heterocycles. The first kappa shape index (κ1) is 14.5. The molecule has 19 heavy (non-hydrogen) atoms. The molecule has 0 amide bonds. The number of carboxylic acids is 1. The summed E-state index contributed by atoms with van der Waals surface area (Å²) in [6.45, 7) is 3.81. The molecule has 0 aromatic heterocycles. The van der Waals surface area contributed by atoms with Crippen LogP contribution in [0.4, 0.5) is 4.39 Å². The van der Waals surface area contributed by atoms with E-state index in [2.05, 4.69) is 15.9 Å². The molecule has 1 aliphatic rings. The molecule has 0 spiro atoms. The Balaban J connectivity index is 2.09. The quantitative estimate of drug-likeness (QED) is 0.926. The largest absolute Gasteiger partial charge is 0.481 e. The van der Waals surface area contributed by atoms with Crippen LogP contribution >= 0.6 is 15.9 Å². The Morgan fingerprint density at radius 2 is 2.26 bits per heavy atom. The van der Waals surface area contributed by atoms with Crippen molar-refractivity contribution >= 4 is 21.9 Å². The van der Waals surface area contributed by atoms with Crippen molar-refractivity contribution in [1.29, 1.82) is 0 Å².